The van der Waals surface area contributed by atoms with Crippen LogP contribution in [0.4, 0.5) is 5.82 Å². The molecule has 1 saturated heterocycles. The molecule has 1 amide bonds. The third-order valence-electron chi connectivity index (χ3n) is 5.93. The average Bonchev–Trinajstić information content (AvgIpc) is 3.07. The molecule has 0 unspecified atom stereocenters. The molecule has 150 valence electrons. The molecule has 1 aliphatic carbocycles. The van der Waals surface area contributed by atoms with Gasteiger partial charge >= 0.3 is 0 Å². The highest BCUT2D eigenvalue weighted by molar-refractivity contribution is 5.79. The van der Waals surface area contributed by atoms with Gasteiger partial charge in [-0.1, -0.05) is 19.3 Å². The van der Waals surface area contributed by atoms with Crippen LogP contribution in [-0.2, 0) is 4.79 Å². The van der Waals surface area contributed by atoms with Crippen molar-refractivity contribution >= 4 is 11.7 Å². The van der Waals surface area contributed by atoms with Gasteiger partial charge in [-0.2, -0.15) is 5.10 Å². The maximum absolute atomic E-state index is 12.7. The summed E-state index contributed by atoms with van der Waals surface area (Å²) in [7, 11) is 0. The van der Waals surface area contributed by atoms with E-state index in [1.54, 1.807) is 0 Å². The van der Waals surface area contributed by atoms with Gasteiger partial charge in [0, 0.05) is 24.8 Å². The number of hydrogen-bond donors (Lipinski definition) is 1. The summed E-state index contributed by atoms with van der Waals surface area (Å²) in [6.45, 7) is 5.61. The predicted molar refractivity (Wildman–Crippen MR) is 109 cm³/mol. The van der Waals surface area contributed by atoms with Gasteiger partial charge in [0.15, 0.2) is 11.6 Å². The summed E-state index contributed by atoms with van der Waals surface area (Å²) in [5.41, 5.74) is 2.00. The Morgan fingerprint density at radius 3 is 2.46 bits per heavy atom. The number of aromatic nitrogens is 4. The van der Waals surface area contributed by atoms with E-state index in [-0.39, 0.29) is 11.8 Å². The molecule has 0 bridgehead atoms. The maximum Gasteiger partial charge on any atom is 0.225 e. The van der Waals surface area contributed by atoms with Gasteiger partial charge in [0.2, 0.25) is 5.91 Å². The number of anilines is 1. The van der Waals surface area contributed by atoms with Crippen molar-refractivity contribution in [3.63, 3.8) is 0 Å². The van der Waals surface area contributed by atoms with E-state index in [0.29, 0.717) is 12.6 Å². The highest BCUT2D eigenvalue weighted by atomic mass is 16.2. The molecule has 7 nitrogen and oxygen atoms in total. The molecule has 7 heteroatoms. The monoisotopic (exact) mass is 382 g/mol. The molecule has 0 spiro atoms. The van der Waals surface area contributed by atoms with Crippen molar-refractivity contribution in [3.05, 3.63) is 29.6 Å². The molecule has 2 aliphatic rings. The second-order valence-electron chi connectivity index (χ2n) is 8.22. The van der Waals surface area contributed by atoms with Crippen LogP contribution in [0.1, 0.15) is 56.3 Å². The van der Waals surface area contributed by atoms with E-state index >= 15 is 0 Å². The molecule has 4 rings (SSSR count). The summed E-state index contributed by atoms with van der Waals surface area (Å²) in [6.07, 6.45) is 7.98. The van der Waals surface area contributed by atoms with Crippen molar-refractivity contribution in [2.75, 3.05) is 18.0 Å². The number of nitrogens with zero attached hydrogens (tertiary/aromatic N) is 5. The number of amides is 1. The molecule has 2 fully saturated rings. The van der Waals surface area contributed by atoms with Crippen LogP contribution >= 0.6 is 0 Å². The Morgan fingerprint density at radius 2 is 1.79 bits per heavy atom. The van der Waals surface area contributed by atoms with Crippen LogP contribution in [0, 0.1) is 19.8 Å². The van der Waals surface area contributed by atoms with Crippen LogP contribution in [0.3, 0.4) is 0 Å². The quantitative estimate of drug-likeness (QED) is 0.880. The van der Waals surface area contributed by atoms with Crippen LogP contribution in [0.2, 0.25) is 0 Å². The number of hydrogen-bond acceptors (Lipinski definition) is 5. The van der Waals surface area contributed by atoms with Gasteiger partial charge in [-0.15, -0.1) is 10.2 Å². The van der Waals surface area contributed by atoms with Gasteiger partial charge in [0.05, 0.1) is 11.6 Å². The average molecular weight is 383 g/mol. The number of piperidine rings is 1. The Hall–Kier alpha value is -2.44. The van der Waals surface area contributed by atoms with E-state index < -0.39 is 0 Å². The van der Waals surface area contributed by atoms with Crippen molar-refractivity contribution in [2.45, 2.75) is 64.8 Å². The fourth-order valence-corrected chi connectivity index (χ4v) is 4.43. The highest BCUT2D eigenvalue weighted by Gasteiger charge is 2.28. The minimum atomic E-state index is 0.0353. The second kappa shape index (κ2) is 8.29. The Labute approximate surface area is 166 Å². The van der Waals surface area contributed by atoms with Crippen LogP contribution in [0.5, 0.6) is 0 Å². The van der Waals surface area contributed by atoms with E-state index in [0.717, 1.165) is 55.3 Å². The molecule has 1 saturated carbocycles. The normalized spacial score (nSPS) is 20.9. The summed E-state index contributed by atoms with van der Waals surface area (Å²) in [4.78, 5) is 14.9. The van der Waals surface area contributed by atoms with E-state index in [4.69, 9.17) is 0 Å². The molecule has 3 heterocycles. The van der Waals surface area contributed by atoms with Gasteiger partial charge in [-0.3, -0.25) is 4.79 Å². The topological polar surface area (TPSA) is 75.9 Å². The number of carbonyl (C=O) groups excluding carboxylic acids is 1. The Balaban J connectivity index is 1.40. The smallest absolute Gasteiger partial charge is 0.225 e. The molecular formula is C21H30N6O. The standard InChI is InChI=1S/C21H30N6O/c1-15-13-16(2)27(25-15)20-11-10-19(23-24-20)26-12-6-7-17(14-26)21(28)22-18-8-4-3-5-9-18/h10-11,13,17-18H,3-9,12,14H2,1-2H3,(H,22,28)/t17-/m0/s1. The molecule has 1 N–H and O–H groups in total. The van der Waals surface area contributed by atoms with Crippen molar-refractivity contribution < 1.29 is 4.79 Å². The lowest BCUT2D eigenvalue weighted by atomic mass is 9.93. The Kier molecular flexibility index (Phi) is 5.59. The Bertz CT molecular complexity index is 809. The van der Waals surface area contributed by atoms with Crippen molar-refractivity contribution in [2.24, 2.45) is 5.92 Å². The molecule has 1 aliphatic heterocycles. The number of carbonyl (C=O) groups is 1. The number of nitrogens with one attached hydrogen (secondary N) is 1. The minimum absolute atomic E-state index is 0.0353. The summed E-state index contributed by atoms with van der Waals surface area (Å²) in [5.74, 6) is 1.80. The lowest BCUT2D eigenvalue weighted by Crippen LogP contribution is -2.46. The van der Waals surface area contributed by atoms with Gasteiger partial charge in [0.25, 0.3) is 0 Å². The molecule has 0 aromatic carbocycles. The van der Waals surface area contributed by atoms with Crippen LogP contribution < -0.4 is 10.2 Å². The zero-order valence-electron chi connectivity index (χ0n) is 16.9. The van der Waals surface area contributed by atoms with Crippen LogP contribution in [0.25, 0.3) is 5.82 Å². The molecule has 28 heavy (non-hydrogen) atoms. The maximum atomic E-state index is 12.7. The zero-order chi connectivity index (χ0) is 19.5. The Morgan fingerprint density at radius 1 is 1.04 bits per heavy atom. The molecule has 2 aromatic heterocycles. The fraction of sp³-hybridized carbons (Fsp3) is 0.619. The van der Waals surface area contributed by atoms with Crippen LogP contribution in [0.15, 0.2) is 18.2 Å². The van der Waals surface area contributed by atoms with Crippen molar-refractivity contribution in [1.82, 2.24) is 25.3 Å². The predicted octanol–water partition coefficient (Wildman–Crippen LogP) is 2.94. The van der Waals surface area contributed by atoms with E-state index in [1.165, 1.54) is 19.3 Å². The summed E-state index contributed by atoms with van der Waals surface area (Å²) in [6, 6.07) is 6.33. The SMILES string of the molecule is Cc1cc(C)n(-c2ccc(N3CCC[C@H](C(=O)NC4CCCCC4)C3)nn2)n1. The lowest BCUT2D eigenvalue weighted by molar-refractivity contribution is -0.126. The van der Waals surface area contributed by atoms with Gasteiger partial charge < -0.3 is 10.2 Å². The van der Waals surface area contributed by atoms with Crippen molar-refractivity contribution in [3.8, 4) is 5.82 Å². The van der Waals surface area contributed by atoms with E-state index in [2.05, 4.69) is 25.5 Å². The lowest BCUT2D eigenvalue weighted by Gasteiger charge is -2.34. The van der Waals surface area contributed by atoms with Crippen LogP contribution in [-0.4, -0.2) is 45.0 Å². The second-order valence-corrected chi connectivity index (χ2v) is 8.22. The number of rotatable bonds is 4. The highest BCUT2D eigenvalue weighted by Crippen LogP contribution is 2.23. The van der Waals surface area contributed by atoms with Gasteiger partial charge in [0.1, 0.15) is 0 Å². The van der Waals surface area contributed by atoms with E-state index in [1.807, 2.05) is 36.7 Å². The van der Waals surface area contributed by atoms with Crippen molar-refractivity contribution in [1.29, 1.82) is 0 Å². The van der Waals surface area contributed by atoms with Gasteiger partial charge in [-0.25, -0.2) is 4.68 Å². The first-order valence-corrected chi connectivity index (χ1v) is 10.5. The summed E-state index contributed by atoms with van der Waals surface area (Å²) in [5, 5.41) is 16.5. The molecule has 1 atom stereocenters. The largest absolute Gasteiger partial charge is 0.354 e. The fourth-order valence-electron chi connectivity index (χ4n) is 4.43. The van der Waals surface area contributed by atoms with Gasteiger partial charge in [-0.05, 0) is 57.7 Å². The van der Waals surface area contributed by atoms with E-state index in [9.17, 15) is 4.79 Å². The zero-order valence-corrected chi connectivity index (χ0v) is 16.9. The summed E-state index contributed by atoms with van der Waals surface area (Å²) >= 11 is 0. The third kappa shape index (κ3) is 4.18. The number of aryl methyl sites for hydroxylation is 2. The molecule has 0 radical (unpaired) electrons. The first kappa shape index (κ1) is 18.9. The molecule has 2 aromatic rings. The summed E-state index contributed by atoms with van der Waals surface area (Å²) < 4.78 is 1.81. The minimum Gasteiger partial charge on any atom is -0.354 e. The third-order valence-corrected chi connectivity index (χ3v) is 5.93. The first-order chi connectivity index (χ1) is 13.6. The first-order valence-electron chi connectivity index (χ1n) is 10.5. The molecular weight excluding hydrogens is 352 g/mol.